The molecule has 1 amide bonds. The summed E-state index contributed by atoms with van der Waals surface area (Å²) in [6.07, 6.45) is 5.42. The topological polar surface area (TPSA) is 45.2 Å². The van der Waals surface area contributed by atoms with Gasteiger partial charge in [-0.05, 0) is 56.0 Å². The van der Waals surface area contributed by atoms with Gasteiger partial charge in [0.15, 0.2) is 0 Å². The summed E-state index contributed by atoms with van der Waals surface area (Å²) in [6, 6.07) is 14.4. The lowest BCUT2D eigenvalue weighted by Gasteiger charge is -2.49. The third-order valence-corrected chi connectivity index (χ3v) is 6.26. The van der Waals surface area contributed by atoms with E-state index in [0.29, 0.717) is 6.04 Å². The third kappa shape index (κ3) is 4.39. The Morgan fingerprint density at radius 2 is 1.89 bits per heavy atom. The highest BCUT2D eigenvalue weighted by atomic mass is 35.5. The first-order chi connectivity index (χ1) is 13.5. The Kier molecular flexibility index (Phi) is 5.70. The smallest absolute Gasteiger partial charge is 0.229 e. The molecule has 2 aliphatic rings. The average molecular weight is 398 g/mol. The summed E-state index contributed by atoms with van der Waals surface area (Å²) in [5, 5.41) is 4.07. The van der Waals surface area contributed by atoms with E-state index in [-0.39, 0.29) is 11.3 Å². The van der Waals surface area contributed by atoms with Crippen molar-refractivity contribution in [1.82, 2.24) is 15.2 Å². The first-order valence-electron chi connectivity index (χ1n) is 10.2. The molecule has 0 bridgehead atoms. The molecule has 2 aromatic rings. The van der Waals surface area contributed by atoms with Crippen LogP contribution in [0, 0.1) is 12.3 Å². The van der Waals surface area contributed by atoms with Gasteiger partial charge in [0.25, 0.3) is 0 Å². The van der Waals surface area contributed by atoms with E-state index in [0.717, 1.165) is 55.3 Å². The molecule has 28 heavy (non-hydrogen) atoms. The van der Waals surface area contributed by atoms with Gasteiger partial charge in [0, 0.05) is 36.4 Å². The first-order valence-corrected chi connectivity index (χ1v) is 10.6. The van der Waals surface area contributed by atoms with Crippen LogP contribution in [-0.4, -0.2) is 34.9 Å². The first kappa shape index (κ1) is 19.4. The quantitative estimate of drug-likeness (QED) is 0.796. The van der Waals surface area contributed by atoms with Crippen LogP contribution in [0.25, 0.3) is 0 Å². The highest BCUT2D eigenvalue weighted by Gasteiger charge is 2.49. The van der Waals surface area contributed by atoms with Crippen molar-refractivity contribution >= 4 is 17.5 Å². The molecular weight excluding hydrogens is 370 g/mol. The van der Waals surface area contributed by atoms with E-state index < -0.39 is 0 Å². The van der Waals surface area contributed by atoms with E-state index in [1.54, 1.807) is 0 Å². The van der Waals surface area contributed by atoms with Gasteiger partial charge in [-0.1, -0.05) is 42.6 Å². The van der Waals surface area contributed by atoms with Gasteiger partial charge in [-0.2, -0.15) is 0 Å². The lowest BCUT2D eigenvalue weighted by atomic mass is 9.73. The Bertz CT molecular complexity index is 824. The van der Waals surface area contributed by atoms with Crippen molar-refractivity contribution < 1.29 is 4.79 Å². The van der Waals surface area contributed by atoms with Gasteiger partial charge in [-0.15, -0.1) is 0 Å². The number of hydrogen-bond acceptors (Lipinski definition) is 3. The summed E-state index contributed by atoms with van der Waals surface area (Å²) < 4.78 is 0. The molecule has 2 fully saturated rings. The van der Waals surface area contributed by atoms with Crippen molar-refractivity contribution in [2.24, 2.45) is 5.41 Å². The maximum Gasteiger partial charge on any atom is 0.229 e. The zero-order chi connectivity index (χ0) is 19.6. The number of nitrogens with zero attached hydrogens (tertiary/aromatic N) is 2. The molecule has 0 atom stereocenters. The van der Waals surface area contributed by atoms with Gasteiger partial charge in [-0.3, -0.25) is 14.7 Å². The normalized spacial score (nSPS) is 19.4. The molecule has 4 nitrogen and oxygen atoms in total. The molecule has 1 aliphatic heterocycles. The van der Waals surface area contributed by atoms with E-state index in [4.69, 9.17) is 11.6 Å². The molecule has 2 heterocycles. The number of benzene rings is 1. The molecule has 1 saturated carbocycles. The minimum atomic E-state index is -0.361. The Hall–Kier alpha value is -1.91. The van der Waals surface area contributed by atoms with Gasteiger partial charge in [0.2, 0.25) is 5.91 Å². The minimum absolute atomic E-state index is 0.211. The highest BCUT2D eigenvalue weighted by Crippen LogP contribution is 2.36. The SMILES string of the molecule is Cc1cccc(CN2CC(Cc3ccc(Cl)cc3)(C(=O)NC3CCCC3)C2)n1. The molecule has 1 N–H and O–H groups in total. The molecule has 1 aromatic heterocycles. The Morgan fingerprint density at radius 1 is 1.18 bits per heavy atom. The number of rotatable bonds is 6. The van der Waals surface area contributed by atoms with Crippen molar-refractivity contribution in [3.63, 3.8) is 0 Å². The maximum atomic E-state index is 13.2. The summed E-state index contributed by atoms with van der Waals surface area (Å²) in [4.78, 5) is 20.2. The zero-order valence-electron chi connectivity index (χ0n) is 16.5. The molecule has 0 unspecified atom stereocenters. The fourth-order valence-electron chi connectivity index (χ4n) is 4.58. The minimum Gasteiger partial charge on any atom is -0.353 e. The van der Waals surface area contributed by atoms with Crippen LogP contribution in [0.1, 0.15) is 42.6 Å². The highest BCUT2D eigenvalue weighted by molar-refractivity contribution is 6.30. The summed E-state index contributed by atoms with van der Waals surface area (Å²) in [5.74, 6) is 0.211. The number of hydrogen-bond donors (Lipinski definition) is 1. The number of pyridine rings is 1. The lowest BCUT2D eigenvalue weighted by Crippen LogP contribution is -2.64. The standard InChI is InChI=1S/C23H28ClN3O/c1-17-5-4-8-21(25-17)14-27-15-23(16-27,13-18-9-11-19(24)12-10-18)22(28)26-20-6-2-3-7-20/h4-5,8-12,20H,2-3,6-7,13-16H2,1H3,(H,26,28). The summed E-state index contributed by atoms with van der Waals surface area (Å²) in [7, 11) is 0. The Labute approximate surface area is 172 Å². The summed E-state index contributed by atoms with van der Waals surface area (Å²) in [6.45, 7) is 4.34. The average Bonchev–Trinajstić information content (AvgIpc) is 3.14. The Morgan fingerprint density at radius 3 is 2.57 bits per heavy atom. The van der Waals surface area contributed by atoms with Crippen LogP contribution in [0.2, 0.25) is 5.02 Å². The number of carbonyl (C=O) groups is 1. The predicted octanol–water partition coefficient (Wildman–Crippen LogP) is 4.15. The van der Waals surface area contributed by atoms with Gasteiger partial charge in [0.1, 0.15) is 0 Å². The summed E-state index contributed by atoms with van der Waals surface area (Å²) >= 11 is 6.04. The van der Waals surface area contributed by atoms with Crippen molar-refractivity contribution in [3.8, 4) is 0 Å². The second-order valence-corrected chi connectivity index (χ2v) is 8.89. The number of aromatic nitrogens is 1. The fourth-order valence-corrected chi connectivity index (χ4v) is 4.70. The largest absolute Gasteiger partial charge is 0.353 e. The lowest BCUT2D eigenvalue weighted by molar-refractivity contribution is -0.143. The maximum absolute atomic E-state index is 13.2. The molecule has 148 valence electrons. The summed E-state index contributed by atoms with van der Waals surface area (Å²) in [5.41, 5.74) is 2.90. The van der Waals surface area contributed by atoms with Crippen molar-refractivity contribution in [1.29, 1.82) is 0 Å². The molecule has 0 spiro atoms. The van der Waals surface area contributed by atoms with Crippen molar-refractivity contribution in [2.75, 3.05) is 13.1 Å². The number of aryl methyl sites for hydroxylation is 1. The third-order valence-electron chi connectivity index (χ3n) is 6.01. The van der Waals surface area contributed by atoms with Crippen molar-refractivity contribution in [2.45, 2.75) is 51.6 Å². The van der Waals surface area contributed by atoms with E-state index in [1.165, 1.54) is 18.4 Å². The molecular formula is C23H28ClN3O. The predicted molar refractivity (Wildman–Crippen MR) is 112 cm³/mol. The second-order valence-electron chi connectivity index (χ2n) is 8.45. The second kappa shape index (κ2) is 8.22. The van der Waals surface area contributed by atoms with Crippen molar-refractivity contribution in [3.05, 3.63) is 64.4 Å². The van der Waals surface area contributed by atoms with Gasteiger partial charge < -0.3 is 5.32 Å². The van der Waals surface area contributed by atoms with E-state index in [2.05, 4.69) is 21.3 Å². The van der Waals surface area contributed by atoms with Crippen LogP contribution >= 0.6 is 11.6 Å². The number of likely N-dealkylation sites (tertiary alicyclic amines) is 1. The molecule has 0 radical (unpaired) electrons. The van der Waals surface area contributed by atoms with E-state index >= 15 is 0 Å². The number of amides is 1. The molecule has 4 rings (SSSR count). The Balaban J connectivity index is 1.46. The molecule has 5 heteroatoms. The van der Waals surface area contributed by atoms with Crippen LogP contribution in [0.4, 0.5) is 0 Å². The molecule has 1 aromatic carbocycles. The van der Waals surface area contributed by atoms with Crippen LogP contribution in [0.15, 0.2) is 42.5 Å². The fraction of sp³-hybridized carbons (Fsp3) is 0.478. The number of carbonyl (C=O) groups excluding carboxylic acids is 1. The molecule has 1 saturated heterocycles. The number of nitrogens with one attached hydrogen (secondary N) is 1. The van der Waals surface area contributed by atoms with Crippen LogP contribution in [0.5, 0.6) is 0 Å². The number of halogens is 1. The monoisotopic (exact) mass is 397 g/mol. The van der Waals surface area contributed by atoms with Gasteiger partial charge in [-0.25, -0.2) is 0 Å². The van der Waals surface area contributed by atoms with Gasteiger partial charge >= 0.3 is 0 Å². The van der Waals surface area contributed by atoms with E-state index in [9.17, 15) is 4.79 Å². The van der Waals surface area contributed by atoms with Gasteiger partial charge in [0.05, 0.1) is 11.1 Å². The van der Waals surface area contributed by atoms with Crippen LogP contribution in [0.3, 0.4) is 0 Å². The molecule has 1 aliphatic carbocycles. The van der Waals surface area contributed by atoms with Crippen LogP contribution < -0.4 is 5.32 Å². The van der Waals surface area contributed by atoms with E-state index in [1.807, 2.05) is 43.3 Å². The zero-order valence-corrected chi connectivity index (χ0v) is 17.2. The van der Waals surface area contributed by atoms with Crippen LogP contribution in [-0.2, 0) is 17.8 Å².